The van der Waals surface area contributed by atoms with Crippen molar-refractivity contribution in [1.29, 1.82) is 0 Å². The Kier molecular flexibility index (Phi) is 3.36. The minimum absolute atomic E-state index is 0.322. The highest BCUT2D eigenvalue weighted by Crippen LogP contribution is 2.29. The molecule has 3 saturated heterocycles. The van der Waals surface area contributed by atoms with Gasteiger partial charge in [0, 0.05) is 18.3 Å². The van der Waals surface area contributed by atoms with Gasteiger partial charge in [0.25, 0.3) is 0 Å². The summed E-state index contributed by atoms with van der Waals surface area (Å²) < 4.78 is 0. The molecule has 3 aliphatic heterocycles. The van der Waals surface area contributed by atoms with Crippen LogP contribution in [0.1, 0.15) is 24.2 Å². The highest BCUT2D eigenvalue weighted by Gasteiger charge is 2.34. The number of anilines is 1. The van der Waals surface area contributed by atoms with Crippen LogP contribution in [-0.4, -0.2) is 45.5 Å². The Morgan fingerprint density at radius 3 is 2.74 bits per heavy atom. The van der Waals surface area contributed by atoms with Crippen LogP contribution in [0, 0.1) is 12.8 Å². The molecule has 0 amide bonds. The van der Waals surface area contributed by atoms with E-state index < -0.39 is 0 Å². The third-order valence-electron chi connectivity index (χ3n) is 4.08. The third kappa shape index (κ3) is 2.69. The summed E-state index contributed by atoms with van der Waals surface area (Å²) in [6.45, 7) is 5.49. The first-order valence-corrected chi connectivity index (χ1v) is 7.17. The first kappa shape index (κ1) is 12.7. The summed E-state index contributed by atoms with van der Waals surface area (Å²) in [6, 6.07) is 2.27. The van der Waals surface area contributed by atoms with Crippen molar-refractivity contribution in [3.05, 3.63) is 17.5 Å². The number of piperidine rings is 3. The number of hydrogen-bond acceptors (Lipinski definition) is 5. The zero-order valence-electron chi connectivity index (χ0n) is 11.1. The SMILES string of the molecule is Cc1cc(C(N)=S)nc(NC2CN3CCC2CC3)n1. The Hall–Kier alpha value is -1.27. The standard InChI is InChI=1S/C13H19N5S/c1-8-6-10(12(14)19)16-13(15-8)17-11-7-18-4-2-9(11)3-5-18/h6,9,11H,2-5,7H2,1H3,(H2,14,19)(H,15,16,17). The van der Waals surface area contributed by atoms with Crippen LogP contribution in [0.4, 0.5) is 5.95 Å². The Labute approximate surface area is 118 Å². The molecule has 3 N–H and O–H groups in total. The summed E-state index contributed by atoms with van der Waals surface area (Å²) in [7, 11) is 0. The van der Waals surface area contributed by atoms with E-state index in [1.807, 2.05) is 13.0 Å². The van der Waals surface area contributed by atoms with Gasteiger partial charge in [0.1, 0.15) is 10.7 Å². The number of nitrogens with one attached hydrogen (secondary N) is 1. The van der Waals surface area contributed by atoms with Gasteiger partial charge in [-0.25, -0.2) is 9.97 Å². The molecule has 3 fully saturated rings. The van der Waals surface area contributed by atoms with Crippen molar-refractivity contribution in [2.45, 2.75) is 25.8 Å². The zero-order chi connectivity index (χ0) is 13.4. The summed E-state index contributed by atoms with van der Waals surface area (Å²) in [6.07, 6.45) is 2.54. The smallest absolute Gasteiger partial charge is 0.223 e. The topological polar surface area (TPSA) is 67.1 Å². The van der Waals surface area contributed by atoms with Gasteiger partial charge in [-0.15, -0.1) is 0 Å². The quantitative estimate of drug-likeness (QED) is 0.801. The molecule has 0 saturated carbocycles. The Morgan fingerprint density at radius 1 is 1.42 bits per heavy atom. The van der Waals surface area contributed by atoms with Gasteiger partial charge < -0.3 is 16.0 Å². The largest absolute Gasteiger partial charge is 0.388 e. The number of rotatable bonds is 3. The van der Waals surface area contributed by atoms with Crippen LogP contribution in [-0.2, 0) is 0 Å². The van der Waals surface area contributed by atoms with E-state index in [0.29, 0.717) is 22.7 Å². The van der Waals surface area contributed by atoms with E-state index >= 15 is 0 Å². The normalized spacial score (nSPS) is 29.2. The molecule has 3 aliphatic rings. The lowest BCUT2D eigenvalue weighted by Gasteiger charge is -2.44. The van der Waals surface area contributed by atoms with Crippen molar-refractivity contribution in [2.75, 3.05) is 25.0 Å². The molecule has 102 valence electrons. The maximum absolute atomic E-state index is 5.65. The van der Waals surface area contributed by atoms with E-state index in [4.69, 9.17) is 18.0 Å². The fourth-order valence-corrected chi connectivity index (χ4v) is 3.16. The molecule has 1 aromatic heterocycles. The van der Waals surface area contributed by atoms with Crippen molar-refractivity contribution in [1.82, 2.24) is 14.9 Å². The van der Waals surface area contributed by atoms with Gasteiger partial charge in [-0.3, -0.25) is 0 Å². The predicted octanol–water partition coefficient (Wildman–Crippen LogP) is 0.925. The second kappa shape index (κ2) is 5.02. The van der Waals surface area contributed by atoms with E-state index in [-0.39, 0.29) is 0 Å². The molecule has 0 radical (unpaired) electrons. The average Bonchev–Trinajstić information content (AvgIpc) is 2.39. The number of aryl methyl sites for hydroxylation is 1. The first-order chi connectivity index (χ1) is 9.11. The summed E-state index contributed by atoms with van der Waals surface area (Å²) in [5.74, 6) is 1.39. The maximum atomic E-state index is 5.65. The Morgan fingerprint density at radius 2 is 2.16 bits per heavy atom. The van der Waals surface area contributed by atoms with Crippen LogP contribution in [0.25, 0.3) is 0 Å². The number of nitrogens with zero attached hydrogens (tertiary/aromatic N) is 3. The van der Waals surface area contributed by atoms with Gasteiger partial charge in [-0.1, -0.05) is 12.2 Å². The average molecular weight is 277 g/mol. The summed E-state index contributed by atoms with van der Waals surface area (Å²) in [5.41, 5.74) is 7.19. The maximum Gasteiger partial charge on any atom is 0.223 e. The van der Waals surface area contributed by atoms with Gasteiger partial charge in [-0.2, -0.15) is 0 Å². The molecule has 19 heavy (non-hydrogen) atoms. The molecule has 1 aromatic rings. The number of aromatic nitrogens is 2. The van der Waals surface area contributed by atoms with E-state index in [1.54, 1.807) is 0 Å². The lowest BCUT2D eigenvalue weighted by Crippen LogP contribution is -2.53. The molecule has 0 aliphatic carbocycles. The fraction of sp³-hybridized carbons (Fsp3) is 0.615. The molecular weight excluding hydrogens is 258 g/mol. The van der Waals surface area contributed by atoms with Crippen LogP contribution in [0.5, 0.6) is 0 Å². The minimum atomic E-state index is 0.322. The molecule has 1 atom stereocenters. The van der Waals surface area contributed by atoms with Gasteiger partial charge in [0.05, 0.1) is 0 Å². The van der Waals surface area contributed by atoms with E-state index in [0.717, 1.165) is 18.2 Å². The van der Waals surface area contributed by atoms with Crippen molar-refractivity contribution in [3.8, 4) is 0 Å². The first-order valence-electron chi connectivity index (χ1n) is 6.76. The van der Waals surface area contributed by atoms with Gasteiger partial charge >= 0.3 is 0 Å². The molecule has 0 aromatic carbocycles. The molecule has 2 bridgehead atoms. The second-order valence-corrected chi connectivity index (χ2v) is 5.91. The Balaban J connectivity index is 1.78. The summed E-state index contributed by atoms with van der Waals surface area (Å²) >= 11 is 4.99. The van der Waals surface area contributed by atoms with Crippen LogP contribution in [0.3, 0.4) is 0 Å². The lowest BCUT2D eigenvalue weighted by molar-refractivity contribution is 0.0972. The predicted molar refractivity (Wildman–Crippen MR) is 79.2 cm³/mol. The third-order valence-corrected chi connectivity index (χ3v) is 4.29. The van der Waals surface area contributed by atoms with Crippen LogP contribution in [0.2, 0.25) is 0 Å². The van der Waals surface area contributed by atoms with E-state index in [9.17, 15) is 0 Å². The molecule has 4 rings (SSSR count). The van der Waals surface area contributed by atoms with E-state index in [1.165, 1.54) is 25.9 Å². The number of hydrogen-bond donors (Lipinski definition) is 2. The van der Waals surface area contributed by atoms with Gasteiger partial charge in [-0.05, 0) is 44.8 Å². The van der Waals surface area contributed by atoms with Gasteiger partial charge in [0.15, 0.2) is 0 Å². The number of nitrogens with two attached hydrogens (primary N) is 1. The van der Waals surface area contributed by atoms with Crippen LogP contribution < -0.4 is 11.1 Å². The van der Waals surface area contributed by atoms with Crippen LogP contribution >= 0.6 is 12.2 Å². The lowest BCUT2D eigenvalue weighted by atomic mass is 9.84. The highest BCUT2D eigenvalue weighted by atomic mass is 32.1. The molecule has 1 unspecified atom stereocenters. The fourth-order valence-electron chi connectivity index (χ4n) is 3.05. The van der Waals surface area contributed by atoms with Crippen molar-refractivity contribution in [2.24, 2.45) is 11.7 Å². The van der Waals surface area contributed by atoms with Crippen LogP contribution in [0.15, 0.2) is 6.07 Å². The number of fused-ring (bicyclic) bond motifs is 3. The monoisotopic (exact) mass is 277 g/mol. The van der Waals surface area contributed by atoms with Crippen molar-refractivity contribution >= 4 is 23.2 Å². The molecule has 4 heterocycles. The minimum Gasteiger partial charge on any atom is -0.388 e. The highest BCUT2D eigenvalue weighted by molar-refractivity contribution is 7.80. The summed E-state index contributed by atoms with van der Waals surface area (Å²) in [4.78, 5) is 11.7. The van der Waals surface area contributed by atoms with Gasteiger partial charge in [0.2, 0.25) is 5.95 Å². The zero-order valence-corrected chi connectivity index (χ0v) is 11.9. The second-order valence-electron chi connectivity index (χ2n) is 5.47. The molecule has 6 heteroatoms. The van der Waals surface area contributed by atoms with Crippen molar-refractivity contribution in [3.63, 3.8) is 0 Å². The molecular formula is C13H19N5S. The molecule has 0 spiro atoms. The van der Waals surface area contributed by atoms with Crippen molar-refractivity contribution < 1.29 is 0 Å². The Bertz CT molecular complexity index is 496. The molecule has 5 nitrogen and oxygen atoms in total. The van der Waals surface area contributed by atoms with E-state index in [2.05, 4.69) is 20.2 Å². The summed E-state index contributed by atoms with van der Waals surface area (Å²) in [5, 5.41) is 3.47. The number of thiocarbonyl (C=S) groups is 1.